The number of hydrogen-bond donors (Lipinski definition) is 0. The SMILES string of the molecule is CCn1c(CS(C)(=O)=O)cc2ccc(Cl)cc21. The molecule has 0 aliphatic rings. The minimum absolute atomic E-state index is 0.0626. The van der Waals surface area contributed by atoms with Crippen LogP contribution in [0.3, 0.4) is 0 Å². The summed E-state index contributed by atoms with van der Waals surface area (Å²) in [5.74, 6) is 0.0626. The largest absolute Gasteiger partial charge is 0.344 e. The fourth-order valence-corrected chi connectivity index (χ4v) is 2.99. The van der Waals surface area contributed by atoms with Crippen LogP contribution >= 0.6 is 11.6 Å². The molecule has 0 aliphatic carbocycles. The first-order valence-corrected chi connectivity index (χ1v) is 7.80. The molecule has 5 heteroatoms. The van der Waals surface area contributed by atoms with E-state index in [1.54, 1.807) is 0 Å². The summed E-state index contributed by atoms with van der Waals surface area (Å²) in [5, 5.41) is 1.69. The average Bonchev–Trinajstić information content (AvgIpc) is 2.51. The van der Waals surface area contributed by atoms with Crippen molar-refractivity contribution in [3.8, 4) is 0 Å². The van der Waals surface area contributed by atoms with E-state index in [0.717, 1.165) is 23.1 Å². The summed E-state index contributed by atoms with van der Waals surface area (Å²) in [4.78, 5) is 0. The Morgan fingerprint density at radius 1 is 1.29 bits per heavy atom. The average molecular weight is 272 g/mol. The van der Waals surface area contributed by atoms with E-state index in [4.69, 9.17) is 11.6 Å². The lowest BCUT2D eigenvalue weighted by atomic mass is 10.2. The maximum absolute atomic E-state index is 11.4. The Bertz CT molecular complexity index is 658. The summed E-state index contributed by atoms with van der Waals surface area (Å²) in [6, 6.07) is 7.51. The molecule has 0 spiro atoms. The molecule has 0 aliphatic heterocycles. The highest BCUT2D eigenvalue weighted by atomic mass is 35.5. The maximum atomic E-state index is 11.4. The van der Waals surface area contributed by atoms with Crippen molar-refractivity contribution in [3.63, 3.8) is 0 Å². The summed E-state index contributed by atoms with van der Waals surface area (Å²) in [6.45, 7) is 2.72. The lowest BCUT2D eigenvalue weighted by Gasteiger charge is -2.06. The highest BCUT2D eigenvalue weighted by molar-refractivity contribution is 7.89. The van der Waals surface area contributed by atoms with Gasteiger partial charge >= 0.3 is 0 Å². The zero-order valence-electron chi connectivity index (χ0n) is 9.77. The van der Waals surface area contributed by atoms with E-state index in [9.17, 15) is 8.42 Å². The minimum atomic E-state index is -3.02. The van der Waals surface area contributed by atoms with Crippen LogP contribution in [0.25, 0.3) is 10.9 Å². The van der Waals surface area contributed by atoms with Crippen molar-refractivity contribution in [2.45, 2.75) is 19.2 Å². The number of nitrogens with zero attached hydrogens (tertiary/aromatic N) is 1. The van der Waals surface area contributed by atoms with Gasteiger partial charge in [0.25, 0.3) is 0 Å². The second-order valence-corrected chi connectivity index (χ2v) is 6.73. The highest BCUT2D eigenvalue weighted by Gasteiger charge is 2.12. The van der Waals surface area contributed by atoms with E-state index < -0.39 is 9.84 Å². The van der Waals surface area contributed by atoms with Crippen LogP contribution in [0.5, 0.6) is 0 Å². The third kappa shape index (κ3) is 2.64. The Kier molecular flexibility index (Phi) is 3.19. The van der Waals surface area contributed by atoms with Crippen LogP contribution in [0.4, 0.5) is 0 Å². The quantitative estimate of drug-likeness (QED) is 0.861. The number of benzene rings is 1. The lowest BCUT2D eigenvalue weighted by Crippen LogP contribution is -2.07. The zero-order valence-corrected chi connectivity index (χ0v) is 11.3. The van der Waals surface area contributed by atoms with E-state index in [-0.39, 0.29) is 5.75 Å². The molecule has 92 valence electrons. The summed E-state index contributed by atoms with van der Waals surface area (Å²) in [5.41, 5.74) is 1.80. The summed E-state index contributed by atoms with van der Waals surface area (Å²) in [7, 11) is -3.02. The van der Waals surface area contributed by atoms with Crippen LogP contribution in [-0.4, -0.2) is 19.2 Å². The topological polar surface area (TPSA) is 39.1 Å². The number of halogens is 1. The lowest BCUT2D eigenvalue weighted by molar-refractivity contribution is 0.598. The van der Waals surface area contributed by atoms with Crippen LogP contribution in [0.15, 0.2) is 24.3 Å². The van der Waals surface area contributed by atoms with Gasteiger partial charge in [-0.3, -0.25) is 0 Å². The molecule has 1 heterocycles. The van der Waals surface area contributed by atoms with Gasteiger partial charge in [-0.05, 0) is 30.5 Å². The van der Waals surface area contributed by atoms with E-state index in [1.165, 1.54) is 6.26 Å². The third-order valence-electron chi connectivity index (χ3n) is 2.68. The molecule has 0 atom stereocenters. The van der Waals surface area contributed by atoms with Gasteiger partial charge in [0.15, 0.2) is 9.84 Å². The molecule has 0 amide bonds. The fourth-order valence-electron chi connectivity index (χ4n) is 2.05. The second-order valence-electron chi connectivity index (χ2n) is 4.15. The first kappa shape index (κ1) is 12.5. The standard InChI is InChI=1S/C12H14ClNO2S/c1-3-14-11(8-17(2,15)16)6-9-4-5-10(13)7-12(9)14/h4-7H,3,8H2,1-2H3. The Morgan fingerprint density at radius 2 is 2.00 bits per heavy atom. The predicted molar refractivity (Wildman–Crippen MR) is 71.2 cm³/mol. The van der Waals surface area contributed by atoms with Crippen LogP contribution in [0.2, 0.25) is 5.02 Å². The first-order valence-electron chi connectivity index (χ1n) is 5.36. The number of aromatic nitrogens is 1. The summed E-state index contributed by atoms with van der Waals surface area (Å²) < 4.78 is 24.7. The Morgan fingerprint density at radius 3 is 2.59 bits per heavy atom. The van der Waals surface area contributed by atoms with Gasteiger partial charge in [0.1, 0.15) is 0 Å². The van der Waals surface area contributed by atoms with Gasteiger partial charge in [0, 0.05) is 29.0 Å². The van der Waals surface area contributed by atoms with Gasteiger partial charge in [0.05, 0.1) is 5.75 Å². The van der Waals surface area contributed by atoms with E-state index >= 15 is 0 Å². The van der Waals surface area contributed by atoms with Crippen molar-refractivity contribution in [1.29, 1.82) is 0 Å². The molecule has 0 bridgehead atoms. The molecule has 0 fully saturated rings. The van der Waals surface area contributed by atoms with Gasteiger partial charge in [-0.25, -0.2) is 8.42 Å². The Balaban J connectivity index is 2.64. The first-order chi connectivity index (χ1) is 7.90. The molecular formula is C12H14ClNO2S. The fraction of sp³-hybridized carbons (Fsp3) is 0.333. The molecule has 0 unspecified atom stereocenters. The van der Waals surface area contributed by atoms with Crippen molar-refractivity contribution in [2.75, 3.05) is 6.26 Å². The maximum Gasteiger partial charge on any atom is 0.153 e. The number of hydrogen-bond acceptors (Lipinski definition) is 2. The van der Waals surface area contributed by atoms with Gasteiger partial charge in [0.2, 0.25) is 0 Å². The van der Waals surface area contributed by atoms with Gasteiger partial charge < -0.3 is 4.57 Å². The van der Waals surface area contributed by atoms with E-state index in [0.29, 0.717) is 5.02 Å². The van der Waals surface area contributed by atoms with Crippen LogP contribution < -0.4 is 0 Å². The van der Waals surface area contributed by atoms with Crippen LogP contribution in [0.1, 0.15) is 12.6 Å². The van der Waals surface area contributed by atoms with Crippen molar-refractivity contribution < 1.29 is 8.42 Å². The molecule has 0 radical (unpaired) electrons. The Labute approximate surface area is 106 Å². The van der Waals surface area contributed by atoms with Gasteiger partial charge in [-0.1, -0.05) is 17.7 Å². The molecule has 0 N–H and O–H groups in total. The predicted octanol–water partition coefficient (Wildman–Crippen LogP) is 2.86. The van der Waals surface area contributed by atoms with E-state index in [1.807, 2.05) is 35.8 Å². The minimum Gasteiger partial charge on any atom is -0.344 e. The molecule has 2 rings (SSSR count). The van der Waals surface area contributed by atoms with Crippen molar-refractivity contribution in [3.05, 3.63) is 35.0 Å². The number of sulfone groups is 1. The van der Waals surface area contributed by atoms with Crippen molar-refractivity contribution in [1.82, 2.24) is 4.57 Å². The van der Waals surface area contributed by atoms with Crippen molar-refractivity contribution >= 4 is 32.3 Å². The third-order valence-corrected chi connectivity index (χ3v) is 3.73. The zero-order chi connectivity index (χ0) is 12.6. The normalized spacial score (nSPS) is 12.2. The number of fused-ring (bicyclic) bond motifs is 1. The molecule has 1 aromatic carbocycles. The molecule has 0 saturated carbocycles. The molecular weight excluding hydrogens is 258 g/mol. The summed E-state index contributed by atoms with van der Waals surface area (Å²) >= 11 is 5.96. The van der Waals surface area contributed by atoms with Gasteiger partial charge in [-0.2, -0.15) is 0 Å². The molecule has 3 nitrogen and oxygen atoms in total. The van der Waals surface area contributed by atoms with E-state index in [2.05, 4.69) is 0 Å². The van der Waals surface area contributed by atoms with Crippen LogP contribution in [-0.2, 0) is 22.1 Å². The summed E-state index contributed by atoms with van der Waals surface area (Å²) in [6.07, 6.45) is 1.25. The Hall–Kier alpha value is -1.00. The number of rotatable bonds is 3. The monoisotopic (exact) mass is 271 g/mol. The molecule has 1 aromatic heterocycles. The van der Waals surface area contributed by atoms with Crippen LogP contribution in [0, 0.1) is 0 Å². The number of aryl methyl sites for hydroxylation is 1. The van der Waals surface area contributed by atoms with Gasteiger partial charge in [-0.15, -0.1) is 0 Å². The highest BCUT2D eigenvalue weighted by Crippen LogP contribution is 2.24. The van der Waals surface area contributed by atoms with Crippen molar-refractivity contribution in [2.24, 2.45) is 0 Å². The smallest absolute Gasteiger partial charge is 0.153 e. The molecule has 17 heavy (non-hydrogen) atoms. The second kappa shape index (κ2) is 4.35. The molecule has 0 saturated heterocycles. The molecule has 2 aromatic rings.